The van der Waals surface area contributed by atoms with Gasteiger partial charge in [0.05, 0.1) is 6.04 Å². The van der Waals surface area contributed by atoms with E-state index in [0.717, 1.165) is 17.8 Å². The van der Waals surface area contributed by atoms with Crippen molar-refractivity contribution in [3.8, 4) is 0 Å². The smallest absolute Gasteiger partial charge is 0.128 e. The van der Waals surface area contributed by atoms with Gasteiger partial charge < -0.3 is 10.6 Å². The van der Waals surface area contributed by atoms with Crippen LogP contribution < -0.4 is 10.6 Å². The van der Waals surface area contributed by atoms with Crippen LogP contribution in [0, 0.1) is 12.7 Å². The van der Waals surface area contributed by atoms with E-state index in [1.165, 1.54) is 6.07 Å². The fourth-order valence-electron chi connectivity index (χ4n) is 2.64. The molecule has 0 fully saturated rings. The van der Waals surface area contributed by atoms with Gasteiger partial charge in [0.2, 0.25) is 0 Å². The Labute approximate surface area is 130 Å². The molecule has 0 heterocycles. The fraction of sp³-hybridized carbons (Fsp3) is 0.294. The number of hydrogen-bond donors (Lipinski definition) is 1. The number of nitrogens with zero attached hydrogens (tertiary/aromatic N) is 1. The summed E-state index contributed by atoms with van der Waals surface area (Å²) in [6, 6.07) is 12.4. The summed E-state index contributed by atoms with van der Waals surface area (Å²) in [6.45, 7) is 5.13. The first-order chi connectivity index (χ1) is 10.1. The summed E-state index contributed by atoms with van der Waals surface area (Å²) >= 11 is 6.02. The molecule has 0 saturated carbocycles. The molecule has 2 rings (SSSR count). The van der Waals surface area contributed by atoms with Gasteiger partial charge in [-0.25, -0.2) is 4.39 Å². The first-order valence-corrected chi connectivity index (χ1v) is 7.43. The second kappa shape index (κ2) is 6.92. The third-order valence-corrected chi connectivity index (χ3v) is 3.92. The molecule has 0 amide bonds. The summed E-state index contributed by atoms with van der Waals surface area (Å²) in [5.41, 5.74) is 8.68. The maximum absolute atomic E-state index is 14.2. The van der Waals surface area contributed by atoms with E-state index >= 15 is 0 Å². The van der Waals surface area contributed by atoms with Crippen LogP contribution >= 0.6 is 11.6 Å². The van der Waals surface area contributed by atoms with Crippen LogP contribution in [0.5, 0.6) is 0 Å². The molecule has 0 aromatic heterocycles. The van der Waals surface area contributed by atoms with Crippen LogP contribution in [-0.2, 0) is 0 Å². The second-order valence-corrected chi connectivity index (χ2v) is 5.43. The summed E-state index contributed by atoms with van der Waals surface area (Å²) in [7, 11) is 0. The van der Waals surface area contributed by atoms with Crippen LogP contribution in [0.1, 0.15) is 24.1 Å². The number of para-hydroxylation sites is 1. The molecule has 2 N–H and O–H groups in total. The lowest BCUT2D eigenvalue weighted by molar-refractivity contribution is 0.562. The maximum atomic E-state index is 14.2. The monoisotopic (exact) mass is 306 g/mol. The number of halogens is 2. The van der Waals surface area contributed by atoms with Crippen molar-refractivity contribution in [2.75, 3.05) is 18.0 Å². The number of anilines is 1. The summed E-state index contributed by atoms with van der Waals surface area (Å²) in [5, 5.41) is 0.519. The fourth-order valence-corrected chi connectivity index (χ4v) is 2.82. The first kappa shape index (κ1) is 15.8. The van der Waals surface area contributed by atoms with Crippen molar-refractivity contribution in [3.63, 3.8) is 0 Å². The third kappa shape index (κ3) is 3.36. The van der Waals surface area contributed by atoms with Crippen LogP contribution in [0.15, 0.2) is 42.5 Å². The van der Waals surface area contributed by atoms with E-state index in [2.05, 4.69) is 4.90 Å². The molecule has 0 bridgehead atoms. The van der Waals surface area contributed by atoms with Crippen molar-refractivity contribution in [1.82, 2.24) is 0 Å². The number of rotatable bonds is 5. The van der Waals surface area contributed by atoms with Crippen LogP contribution in [0.4, 0.5) is 10.1 Å². The van der Waals surface area contributed by atoms with E-state index in [1.807, 2.05) is 38.1 Å². The third-order valence-electron chi connectivity index (χ3n) is 3.68. The van der Waals surface area contributed by atoms with Crippen molar-refractivity contribution in [2.24, 2.45) is 5.73 Å². The highest BCUT2D eigenvalue weighted by Gasteiger charge is 2.22. The zero-order chi connectivity index (χ0) is 15.4. The standard InChI is InChI=1S/C17H20ClFN2/c1-3-21(16-7-5-4-6-12(16)2)17(11-20)14-10-13(18)8-9-15(14)19/h4-10,17H,3,11,20H2,1-2H3. The largest absolute Gasteiger partial charge is 0.363 e. The molecule has 2 nitrogen and oxygen atoms in total. The average Bonchev–Trinajstić information content (AvgIpc) is 2.48. The van der Waals surface area contributed by atoms with E-state index in [1.54, 1.807) is 12.1 Å². The lowest BCUT2D eigenvalue weighted by Gasteiger charge is -2.33. The molecule has 4 heteroatoms. The highest BCUT2D eigenvalue weighted by atomic mass is 35.5. The molecule has 0 aliphatic heterocycles. The van der Waals surface area contributed by atoms with Crippen LogP contribution in [0.2, 0.25) is 5.02 Å². The van der Waals surface area contributed by atoms with Crippen molar-refractivity contribution in [3.05, 3.63) is 64.4 Å². The number of nitrogens with two attached hydrogens (primary N) is 1. The van der Waals surface area contributed by atoms with Gasteiger partial charge in [-0.05, 0) is 43.7 Å². The topological polar surface area (TPSA) is 29.3 Å². The Kier molecular flexibility index (Phi) is 5.21. The SMILES string of the molecule is CCN(c1ccccc1C)C(CN)c1cc(Cl)ccc1F. The molecule has 0 aliphatic carbocycles. The molecule has 21 heavy (non-hydrogen) atoms. The minimum absolute atomic E-state index is 0.241. The minimum Gasteiger partial charge on any atom is -0.363 e. The molecule has 0 saturated heterocycles. The number of likely N-dealkylation sites (N-methyl/N-ethyl adjacent to an activating group) is 1. The Morgan fingerprint density at radius 3 is 2.57 bits per heavy atom. The lowest BCUT2D eigenvalue weighted by Crippen LogP contribution is -2.34. The van der Waals surface area contributed by atoms with Crippen molar-refractivity contribution in [1.29, 1.82) is 0 Å². The Bertz CT molecular complexity index is 615. The Hall–Kier alpha value is -1.58. The quantitative estimate of drug-likeness (QED) is 0.891. The molecule has 2 aromatic carbocycles. The van der Waals surface area contributed by atoms with Gasteiger partial charge in [-0.3, -0.25) is 0 Å². The molecule has 1 unspecified atom stereocenters. The highest BCUT2D eigenvalue weighted by molar-refractivity contribution is 6.30. The van der Waals surface area contributed by atoms with Crippen LogP contribution in [0.3, 0.4) is 0 Å². The Morgan fingerprint density at radius 1 is 1.24 bits per heavy atom. The predicted octanol–water partition coefficient (Wildman–Crippen LogP) is 4.31. The zero-order valence-corrected chi connectivity index (χ0v) is 13.1. The second-order valence-electron chi connectivity index (χ2n) is 4.99. The molecular formula is C17H20ClFN2. The van der Waals surface area contributed by atoms with Gasteiger partial charge in [0.1, 0.15) is 5.82 Å². The van der Waals surface area contributed by atoms with Gasteiger partial charge in [-0.15, -0.1) is 0 Å². The molecular weight excluding hydrogens is 287 g/mol. The Balaban J connectivity index is 2.48. The molecule has 0 radical (unpaired) electrons. The van der Waals surface area contributed by atoms with Crippen LogP contribution in [0.25, 0.3) is 0 Å². The van der Waals surface area contributed by atoms with Crippen molar-refractivity contribution < 1.29 is 4.39 Å². The van der Waals surface area contributed by atoms with Crippen molar-refractivity contribution >= 4 is 17.3 Å². The average molecular weight is 307 g/mol. The molecule has 2 aromatic rings. The van der Waals surface area contributed by atoms with E-state index in [4.69, 9.17) is 17.3 Å². The van der Waals surface area contributed by atoms with Crippen LogP contribution in [-0.4, -0.2) is 13.1 Å². The van der Waals surface area contributed by atoms with E-state index < -0.39 is 0 Å². The van der Waals surface area contributed by atoms with Gasteiger partial charge in [0, 0.05) is 29.4 Å². The van der Waals surface area contributed by atoms with Crippen molar-refractivity contribution in [2.45, 2.75) is 19.9 Å². The predicted molar refractivity (Wildman–Crippen MR) is 87.4 cm³/mol. The summed E-state index contributed by atoms with van der Waals surface area (Å²) < 4.78 is 14.2. The maximum Gasteiger partial charge on any atom is 0.128 e. The van der Waals surface area contributed by atoms with E-state index in [9.17, 15) is 4.39 Å². The van der Waals surface area contributed by atoms with E-state index in [-0.39, 0.29) is 11.9 Å². The van der Waals surface area contributed by atoms with Gasteiger partial charge in [-0.1, -0.05) is 29.8 Å². The Morgan fingerprint density at radius 2 is 1.95 bits per heavy atom. The molecule has 0 spiro atoms. The summed E-state index contributed by atoms with van der Waals surface area (Å²) in [4.78, 5) is 2.12. The van der Waals surface area contributed by atoms with E-state index in [0.29, 0.717) is 17.1 Å². The summed E-state index contributed by atoms with van der Waals surface area (Å²) in [5.74, 6) is -0.276. The molecule has 1 atom stereocenters. The molecule has 0 aliphatic rings. The first-order valence-electron chi connectivity index (χ1n) is 7.05. The molecule has 112 valence electrons. The minimum atomic E-state index is -0.276. The highest BCUT2D eigenvalue weighted by Crippen LogP contribution is 2.31. The summed E-state index contributed by atoms with van der Waals surface area (Å²) in [6.07, 6.45) is 0. The number of hydrogen-bond acceptors (Lipinski definition) is 2. The number of benzene rings is 2. The normalized spacial score (nSPS) is 12.2. The van der Waals surface area contributed by atoms with Gasteiger partial charge >= 0.3 is 0 Å². The number of aryl methyl sites for hydroxylation is 1. The zero-order valence-electron chi connectivity index (χ0n) is 12.3. The lowest BCUT2D eigenvalue weighted by atomic mass is 10.0. The van der Waals surface area contributed by atoms with Gasteiger partial charge in [0.25, 0.3) is 0 Å². The van der Waals surface area contributed by atoms with Gasteiger partial charge in [0.15, 0.2) is 0 Å². The van der Waals surface area contributed by atoms with Gasteiger partial charge in [-0.2, -0.15) is 0 Å².